The molecule has 2 aliphatic heterocycles. The number of alkyl halides is 3. The van der Waals surface area contributed by atoms with Gasteiger partial charge in [-0.1, -0.05) is 18.6 Å². The van der Waals surface area contributed by atoms with Crippen molar-refractivity contribution >= 4 is 11.6 Å². The average Bonchev–Trinajstić information content (AvgIpc) is 3.58. The van der Waals surface area contributed by atoms with Gasteiger partial charge in [0.2, 0.25) is 0 Å². The van der Waals surface area contributed by atoms with E-state index in [-0.39, 0.29) is 5.92 Å². The molecule has 1 saturated carbocycles. The molecule has 1 aromatic carbocycles. The van der Waals surface area contributed by atoms with Gasteiger partial charge >= 0.3 is 6.18 Å². The molecule has 2 N–H and O–H groups in total. The number of nitrogen functional groups attached to an aromatic ring is 1. The minimum absolute atomic E-state index is 0.273. The van der Waals surface area contributed by atoms with Crippen LogP contribution in [0, 0.1) is 0 Å². The van der Waals surface area contributed by atoms with E-state index in [1.165, 1.54) is 31.4 Å². The van der Waals surface area contributed by atoms with Crippen LogP contribution in [-0.2, 0) is 12.7 Å². The Kier molecular flexibility index (Phi) is 7.22. The zero-order chi connectivity index (χ0) is 27.0. The minimum Gasteiger partial charge on any atom is -0.383 e. The Balaban J connectivity index is 1.22. The van der Waals surface area contributed by atoms with E-state index < -0.39 is 11.7 Å². The van der Waals surface area contributed by atoms with Crippen LogP contribution in [0.4, 0.5) is 24.8 Å². The molecule has 0 radical (unpaired) electrons. The lowest BCUT2D eigenvalue weighted by Crippen LogP contribution is -2.36. The molecule has 4 heterocycles. The fourth-order valence-electron chi connectivity index (χ4n) is 6.25. The molecule has 10 heteroatoms. The number of nitrogens with zero attached hydrogens (tertiary/aromatic N) is 6. The van der Waals surface area contributed by atoms with Crippen LogP contribution in [0.1, 0.15) is 73.7 Å². The molecule has 0 bridgehead atoms. The fraction of sp³-hybridized carbons (Fsp3) is 0.552. The summed E-state index contributed by atoms with van der Waals surface area (Å²) in [5.41, 5.74) is 8.21. The third-order valence-corrected chi connectivity index (χ3v) is 8.74. The second-order valence-electron chi connectivity index (χ2n) is 11.2. The topological polar surface area (TPSA) is 76.1 Å². The van der Waals surface area contributed by atoms with E-state index in [0.717, 1.165) is 100.0 Å². The van der Waals surface area contributed by atoms with Crippen molar-refractivity contribution in [3.8, 4) is 11.3 Å². The summed E-state index contributed by atoms with van der Waals surface area (Å²) in [5, 5.41) is 0. The second kappa shape index (κ2) is 10.8. The number of hydrogen-bond acceptors (Lipinski definition) is 6. The number of likely N-dealkylation sites (tertiary alicyclic amines) is 1. The molecule has 3 aromatic rings. The van der Waals surface area contributed by atoms with Crippen molar-refractivity contribution in [1.82, 2.24) is 24.4 Å². The van der Waals surface area contributed by atoms with E-state index in [9.17, 15) is 13.2 Å². The van der Waals surface area contributed by atoms with Crippen molar-refractivity contribution < 1.29 is 13.2 Å². The maximum Gasteiger partial charge on any atom is 0.416 e. The Morgan fingerprint density at radius 3 is 2.21 bits per heavy atom. The summed E-state index contributed by atoms with van der Waals surface area (Å²) in [4.78, 5) is 18.8. The molecule has 7 nitrogen and oxygen atoms in total. The van der Waals surface area contributed by atoms with Crippen LogP contribution in [0.15, 0.2) is 36.8 Å². The fourth-order valence-corrected chi connectivity index (χ4v) is 6.25. The maximum atomic E-state index is 13.1. The monoisotopic (exact) mass is 539 g/mol. The summed E-state index contributed by atoms with van der Waals surface area (Å²) in [5.74, 6) is 3.34. The lowest BCUT2D eigenvalue weighted by Gasteiger charge is -2.36. The van der Waals surface area contributed by atoms with Gasteiger partial charge in [0.25, 0.3) is 0 Å². The molecule has 0 amide bonds. The third-order valence-electron chi connectivity index (χ3n) is 8.74. The highest BCUT2D eigenvalue weighted by molar-refractivity contribution is 5.60. The zero-order valence-corrected chi connectivity index (χ0v) is 22.2. The Labute approximate surface area is 227 Å². The van der Waals surface area contributed by atoms with Crippen LogP contribution >= 0.6 is 0 Å². The predicted molar refractivity (Wildman–Crippen MR) is 146 cm³/mol. The zero-order valence-electron chi connectivity index (χ0n) is 22.2. The number of benzene rings is 1. The van der Waals surface area contributed by atoms with E-state index in [4.69, 9.17) is 10.7 Å². The van der Waals surface area contributed by atoms with Crippen molar-refractivity contribution in [2.24, 2.45) is 0 Å². The molecule has 2 saturated heterocycles. The van der Waals surface area contributed by atoms with Crippen molar-refractivity contribution in [1.29, 1.82) is 0 Å². The second-order valence-corrected chi connectivity index (χ2v) is 11.2. The molecule has 2 aromatic heterocycles. The smallest absolute Gasteiger partial charge is 0.383 e. The van der Waals surface area contributed by atoms with Crippen molar-refractivity contribution in [2.75, 3.05) is 43.4 Å². The highest BCUT2D eigenvalue weighted by Gasteiger charge is 2.32. The number of halogens is 3. The van der Waals surface area contributed by atoms with Gasteiger partial charge in [-0.25, -0.2) is 15.0 Å². The van der Waals surface area contributed by atoms with Crippen molar-refractivity contribution in [3.63, 3.8) is 0 Å². The number of piperidine rings is 1. The van der Waals surface area contributed by atoms with Gasteiger partial charge in [0.15, 0.2) is 0 Å². The number of rotatable bonds is 7. The van der Waals surface area contributed by atoms with Gasteiger partial charge < -0.3 is 20.1 Å². The first-order valence-electron chi connectivity index (χ1n) is 14.2. The summed E-state index contributed by atoms with van der Waals surface area (Å²) >= 11 is 0. The van der Waals surface area contributed by atoms with E-state index in [2.05, 4.69) is 24.3 Å². The Morgan fingerprint density at radius 1 is 0.846 bits per heavy atom. The van der Waals surface area contributed by atoms with E-state index in [0.29, 0.717) is 17.3 Å². The van der Waals surface area contributed by atoms with Gasteiger partial charge in [-0.3, -0.25) is 0 Å². The van der Waals surface area contributed by atoms with E-state index in [1.807, 2.05) is 6.20 Å². The number of anilines is 2. The standard InChI is InChI=1S/C29H36F3N7/c30-29(31,32)23-8-6-20(7-9-23)24-18-39(17-16-37-12-1-2-13-37)27(36-24)22-10-14-38(15-11-22)28-25(21-4-3-5-21)26(33)34-19-35-28/h6-9,18-19,21-22H,1-5,10-17H2,(H2,33,34,35). The molecule has 0 spiro atoms. The summed E-state index contributed by atoms with van der Waals surface area (Å²) in [7, 11) is 0. The maximum absolute atomic E-state index is 13.1. The predicted octanol–water partition coefficient (Wildman–Crippen LogP) is 5.69. The van der Waals surface area contributed by atoms with Gasteiger partial charge in [-0.15, -0.1) is 0 Å². The van der Waals surface area contributed by atoms with Crippen LogP contribution in [-0.4, -0.2) is 57.1 Å². The number of hydrogen-bond donors (Lipinski definition) is 1. The molecular weight excluding hydrogens is 503 g/mol. The minimum atomic E-state index is -4.35. The number of aromatic nitrogens is 4. The first-order valence-corrected chi connectivity index (χ1v) is 14.2. The summed E-state index contributed by atoms with van der Waals surface area (Å²) in [6.07, 6.45) is 7.10. The summed E-state index contributed by atoms with van der Waals surface area (Å²) in [6, 6.07) is 5.35. The van der Waals surface area contributed by atoms with Crippen LogP contribution < -0.4 is 10.6 Å². The van der Waals surface area contributed by atoms with E-state index >= 15 is 0 Å². The molecule has 3 aliphatic rings. The Hall–Kier alpha value is -3.14. The normalized spacial score (nSPS) is 19.5. The number of imidazole rings is 1. The third kappa shape index (κ3) is 5.48. The molecule has 6 rings (SSSR count). The highest BCUT2D eigenvalue weighted by Crippen LogP contribution is 2.43. The van der Waals surface area contributed by atoms with Crippen LogP contribution in [0.5, 0.6) is 0 Å². The first kappa shape index (κ1) is 26.1. The number of nitrogens with two attached hydrogens (primary N) is 1. The van der Waals surface area contributed by atoms with Gasteiger partial charge in [0.05, 0.1) is 11.3 Å². The lowest BCUT2D eigenvalue weighted by molar-refractivity contribution is -0.137. The van der Waals surface area contributed by atoms with Gasteiger partial charge in [0, 0.05) is 49.4 Å². The van der Waals surface area contributed by atoms with Crippen LogP contribution in [0.2, 0.25) is 0 Å². The Bertz CT molecular complexity index is 1270. The summed E-state index contributed by atoms with van der Waals surface area (Å²) in [6.45, 7) is 5.75. The highest BCUT2D eigenvalue weighted by atomic mass is 19.4. The largest absolute Gasteiger partial charge is 0.416 e. The van der Waals surface area contributed by atoms with Gasteiger partial charge in [-0.05, 0) is 69.7 Å². The SMILES string of the molecule is Nc1ncnc(N2CCC(c3nc(-c4ccc(C(F)(F)F)cc4)cn3CCN3CCCC3)CC2)c1C1CCC1. The van der Waals surface area contributed by atoms with Crippen LogP contribution in [0.25, 0.3) is 11.3 Å². The first-order chi connectivity index (χ1) is 18.9. The molecule has 0 unspecified atom stereocenters. The lowest BCUT2D eigenvalue weighted by atomic mass is 9.80. The van der Waals surface area contributed by atoms with Crippen LogP contribution in [0.3, 0.4) is 0 Å². The average molecular weight is 540 g/mol. The summed E-state index contributed by atoms with van der Waals surface area (Å²) < 4.78 is 41.6. The molecule has 39 heavy (non-hydrogen) atoms. The quantitative estimate of drug-likeness (QED) is 0.416. The van der Waals surface area contributed by atoms with Gasteiger partial charge in [-0.2, -0.15) is 13.2 Å². The van der Waals surface area contributed by atoms with Crippen molar-refractivity contribution in [2.45, 2.75) is 69.5 Å². The molecular formula is C29H36F3N7. The van der Waals surface area contributed by atoms with E-state index in [1.54, 1.807) is 6.33 Å². The van der Waals surface area contributed by atoms with Gasteiger partial charge in [0.1, 0.15) is 23.8 Å². The molecule has 1 aliphatic carbocycles. The molecule has 0 atom stereocenters. The molecule has 208 valence electrons. The molecule has 3 fully saturated rings. The van der Waals surface area contributed by atoms with Crippen molar-refractivity contribution in [3.05, 3.63) is 53.7 Å². The Morgan fingerprint density at radius 2 is 1.56 bits per heavy atom.